The van der Waals surface area contributed by atoms with E-state index in [4.69, 9.17) is 5.11 Å². The highest BCUT2D eigenvalue weighted by Gasteiger charge is 2.37. The van der Waals surface area contributed by atoms with Crippen molar-refractivity contribution in [1.29, 1.82) is 0 Å². The van der Waals surface area contributed by atoms with Crippen LogP contribution in [0.2, 0.25) is 0 Å². The molecule has 0 unspecified atom stereocenters. The van der Waals surface area contributed by atoms with Gasteiger partial charge in [-0.1, -0.05) is 6.92 Å². The molecule has 8 heteroatoms. The molecule has 2 amide bonds. The van der Waals surface area contributed by atoms with Crippen LogP contribution < -0.4 is 5.32 Å². The minimum absolute atomic E-state index is 0.0648. The lowest BCUT2D eigenvalue weighted by molar-refractivity contribution is -0.142. The molecule has 0 bridgehead atoms. The van der Waals surface area contributed by atoms with Gasteiger partial charge in [0, 0.05) is 19.1 Å². The fourth-order valence-corrected chi connectivity index (χ4v) is 4.25. The molecule has 2 atom stereocenters. The van der Waals surface area contributed by atoms with E-state index in [9.17, 15) is 18.0 Å². The summed E-state index contributed by atoms with van der Waals surface area (Å²) < 4.78 is 22.6. The Balaban J connectivity index is 1.86. The maximum atomic E-state index is 12.1. The third-order valence-corrected chi connectivity index (χ3v) is 5.81. The second-order valence-electron chi connectivity index (χ2n) is 5.70. The molecule has 0 saturated carbocycles. The van der Waals surface area contributed by atoms with E-state index >= 15 is 0 Å². The number of rotatable bonds is 2. The highest BCUT2D eigenvalue weighted by molar-refractivity contribution is 7.91. The molecule has 0 aliphatic carbocycles. The number of aliphatic carboxylic acids is 1. The summed E-state index contributed by atoms with van der Waals surface area (Å²) in [6.07, 6.45) is 0.861. The summed E-state index contributed by atoms with van der Waals surface area (Å²) in [6, 6.07) is -0.421. The van der Waals surface area contributed by atoms with Gasteiger partial charge >= 0.3 is 12.0 Å². The Labute approximate surface area is 118 Å². The van der Waals surface area contributed by atoms with E-state index in [1.165, 1.54) is 4.90 Å². The highest BCUT2D eigenvalue weighted by atomic mass is 32.2. The second-order valence-corrected chi connectivity index (χ2v) is 8.01. The Morgan fingerprint density at radius 3 is 2.30 bits per heavy atom. The van der Waals surface area contributed by atoms with Gasteiger partial charge in [0.15, 0.2) is 0 Å². The van der Waals surface area contributed by atoms with E-state index in [0.29, 0.717) is 19.4 Å². The van der Waals surface area contributed by atoms with Gasteiger partial charge in [0.2, 0.25) is 0 Å². The van der Waals surface area contributed by atoms with Crippen molar-refractivity contribution in [3.63, 3.8) is 0 Å². The minimum Gasteiger partial charge on any atom is -0.481 e. The van der Waals surface area contributed by atoms with Gasteiger partial charge in [-0.25, -0.2) is 13.2 Å². The Morgan fingerprint density at radius 2 is 1.80 bits per heavy atom. The third-order valence-electron chi connectivity index (χ3n) is 4.10. The number of hydrogen-bond donors (Lipinski definition) is 2. The van der Waals surface area contributed by atoms with Crippen molar-refractivity contribution < 1.29 is 23.1 Å². The zero-order valence-electron chi connectivity index (χ0n) is 11.4. The van der Waals surface area contributed by atoms with Crippen molar-refractivity contribution in [2.24, 2.45) is 11.8 Å². The summed E-state index contributed by atoms with van der Waals surface area (Å²) in [6.45, 7) is 2.46. The Hall–Kier alpha value is -1.31. The van der Waals surface area contributed by atoms with E-state index in [1.54, 1.807) is 0 Å². The largest absolute Gasteiger partial charge is 0.481 e. The normalized spacial score (nSPS) is 30.1. The monoisotopic (exact) mass is 304 g/mol. The van der Waals surface area contributed by atoms with Crippen molar-refractivity contribution in [3.05, 3.63) is 0 Å². The first kappa shape index (κ1) is 15.1. The second kappa shape index (κ2) is 5.59. The van der Waals surface area contributed by atoms with Crippen molar-refractivity contribution in [2.75, 3.05) is 24.6 Å². The summed E-state index contributed by atoms with van der Waals surface area (Å²) in [5.74, 6) is -1.26. The molecule has 114 valence electrons. The molecule has 7 nitrogen and oxygen atoms in total. The first-order valence-corrected chi connectivity index (χ1v) is 8.59. The van der Waals surface area contributed by atoms with Crippen LogP contribution in [-0.2, 0) is 14.6 Å². The number of hydrogen-bond acceptors (Lipinski definition) is 4. The predicted molar refractivity (Wildman–Crippen MR) is 72.1 cm³/mol. The van der Waals surface area contributed by atoms with E-state index < -0.39 is 21.7 Å². The van der Waals surface area contributed by atoms with E-state index in [0.717, 1.165) is 0 Å². The molecule has 2 aliphatic heterocycles. The molecule has 0 radical (unpaired) electrons. The molecular formula is C12H20N2O5S. The molecule has 2 N–H and O–H groups in total. The van der Waals surface area contributed by atoms with E-state index in [-0.39, 0.29) is 36.0 Å². The minimum atomic E-state index is -2.94. The number of carbonyl (C=O) groups is 2. The van der Waals surface area contributed by atoms with Gasteiger partial charge in [0.1, 0.15) is 9.84 Å². The molecule has 2 saturated heterocycles. The third kappa shape index (κ3) is 3.41. The number of carbonyl (C=O) groups excluding carboxylic acids is 1. The smallest absolute Gasteiger partial charge is 0.317 e. The lowest BCUT2D eigenvalue weighted by Gasteiger charge is -2.26. The fourth-order valence-electron chi connectivity index (χ4n) is 2.75. The standard InChI is InChI=1S/C12H20N2O5S/c1-8-6-14(7-10(8)11(15)16)12(17)13-9-2-4-20(18,19)5-3-9/h8-10H,2-7H2,1H3,(H,13,17)(H,15,16)/t8-,10-/m1/s1. The molecule has 2 rings (SSSR count). The maximum absolute atomic E-state index is 12.1. The van der Waals surface area contributed by atoms with Crippen molar-refractivity contribution in [3.8, 4) is 0 Å². The number of likely N-dealkylation sites (tertiary alicyclic amines) is 1. The number of carboxylic acids is 1. The zero-order valence-corrected chi connectivity index (χ0v) is 12.2. The predicted octanol–water partition coefficient (Wildman–Crippen LogP) is -0.0743. The summed E-state index contributed by atoms with van der Waals surface area (Å²) in [4.78, 5) is 24.6. The summed E-state index contributed by atoms with van der Waals surface area (Å²) in [5, 5.41) is 11.8. The van der Waals surface area contributed by atoms with Crippen LogP contribution in [0.3, 0.4) is 0 Å². The van der Waals surface area contributed by atoms with Crippen molar-refractivity contribution in [1.82, 2.24) is 10.2 Å². The van der Waals surface area contributed by atoms with Gasteiger partial charge in [-0.3, -0.25) is 4.79 Å². The Kier molecular flexibility index (Phi) is 4.22. The van der Waals surface area contributed by atoms with Gasteiger partial charge in [-0.05, 0) is 18.8 Å². The topological polar surface area (TPSA) is 104 Å². The highest BCUT2D eigenvalue weighted by Crippen LogP contribution is 2.23. The van der Waals surface area contributed by atoms with Crippen LogP contribution in [0, 0.1) is 11.8 Å². The average Bonchev–Trinajstić information content (AvgIpc) is 2.74. The number of urea groups is 1. The molecular weight excluding hydrogens is 284 g/mol. The van der Waals surface area contributed by atoms with Crippen LogP contribution in [0.5, 0.6) is 0 Å². The average molecular weight is 304 g/mol. The van der Waals surface area contributed by atoms with Crippen LogP contribution in [0.15, 0.2) is 0 Å². The van der Waals surface area contributed by atoms with Gasteiger partial charge in [-0.15, -0.1) is 0 Å². The molecule has 0 aromatic heterocycles. The van der Waals surface area contributed by atoms with Gasteiger partial charge in [-0.2, -0.15) is 0 Å². The summed E-state index contributed by atoms with van der Waals surface area (Å²) >= 11 is 0. The van der Waals surface area contributed by atoms with Crippen molar-refractivity contribution >= 4 is 21.8 Å². The van der Waals surface area contributed by atoms with Crippen LogP contribution in [0.25, 0.3) is 0 Å². The molecule has 0 spiro atoms. The number of amides is 2. The van der Waals surface area contributed by atoms with E-state index in [1.807, 2.05) is 6.92 Å². The Bertz CT molecular complexity index is 490. The van der Waals surface area contributed by atoms with Crippen LogP contribution in [0.4, 0.5) is 4.79 Å². The van der Waals surface area contributed by atoms with Crippen molar-refractivity contribution in [2.45, 2.75) is 25.8 Å². The van der Waals surface area contributed by atoms with Gasteiger partial charge < -0.3 is 15.3 Å². The quantitative estimate of drug-likeness (QED) is 0.743. The first-order valence-electron chi connectivity index (χ1n) is 6.77. The van der Waals surface area contributed by atoms with Gasteiger partial charge in [0.25, 0.3) is 0 Å². The molecule has 0 aromatic carbocycles. The molecule has 2 fully saturated rings. The number of carboxylic acid groups (broad SMARTS) is 1. The maximum Gasteiger partial charge on any atom is 0.317 e. The lowest BCUT2D eigenvalue weighted by Crippen LogP contribution is -2.47. The van der Waals surface area contributed by atoms with Crippen LogP contribution >= 0.6 is 0 Å². The SMILES string of the molecule is C[C@@H]1CN(C(=O)NC2CCS(=O)(=O)CC2)C[C@H]1C(=O)O. The molecule has 20 heavy (non-hydrogen) atoms. The Morgan fingerprint density at radius 1 is 1.20 bits per heavy atom. The fraction of sp³-hybridized carbons (Fsp3) is 0.833. The number of sulfone groups is 1. The molecule has 2 heterocycles. The molecule has 0 aromatic rings. The molecule has 2 aliphatic rings. The van der Waals surface area contributed by atoms with Crippen LogP contribution in [-0.4, -0.2) is 61.1 Å². The zero-order chi connectivity index (χ0) is 14.9. The number of nitrogens with one attached hydrogen (secondary N) is 1. The summed E-state index contributed by atoms with van der Waals surface area (Å²) in [7, 11) is -2.94. The number of nitrogens with zero attached hydrogens (tertiary/aromatic N) is 1. The summed E-state index contributed by atoms with van der Waals surface area (Å²) in [5.41, 5.74) is 0. The first-order chi connectivity index (χ1) is 9.28. The van der Waals surface area contributed by atoms with Crippen LogP contribution in [0.1, 0.15) is 19.8 Å². The lowest BCUT2D eigenvalue weighted by atomic mass is 9.99. The van der Waals surface area contributed by atoms with E-state index in [2.05, 4.69) is 5.32 Å². The van der Waals surface area contributed by atoms with Gasteiger partial charge in [0.05, 0.1) is 17.4 Å².